The maximum atomic E-state index is 14.2. The first-order chi connectivity index (χ1) is 24.8. The number of fused-ring (bicyclic) bond motifs is 1. The van der Waals surface area contributed by atoms with Crippen molar-refractivity contribution in [3.05, 3.63) is 59.7 Å². The largest absolute Gasteiger partial charge is 0.505 e. The van der Waals surface area contributed by atoms with Gasteiger partial charge in [-0.05, 0) is 37.1 Å². The number of rotatable bonds is 16. The van der Waals surface area contributed by atoms with Gasteiger partial charge in [-0.15, -0.1) is 15.0 Å². The number of nitrogens with zero attached hydrogens (tertiary/aromatic N) is 3. The van der Waals surface area contributed by atoms with E-state index in [1.54, 1.807) is 24.3 Å². The molecule has 0 atom stereocenters. The van der Waals surface area contributed by atoms with Crippen molar-refractivity contribution in [1.82, 2.24) is 20.3 Å². The van der Waals surface area contributed by atoms with Crippen LogP contribution in [-0.4, -0.2) is 86.2 Å². The Bertz CT molecular complexity index is 1890. The van der Waals surface area contributed by atoms with E-state index in [1.807, 2.05) is 0 Å². The Hall–Kier alpha value is -4.87. The molecule has 1 amide bonds. The highest BCUT2D eigenvalue weighted by Crippen LogP contribution is 2.64. The summed E-state index contributed by atoms with van der Waals surface area (Å²) >= 11 is 0. The molecule has 2 aromatic carbocycles. The zero-order chi connectivity index (χ0) is 42.4. The maximum absolute atomic E-state index is 14.2. The van der Waals surface area contributed by atoms with Gasteiger partial charge in [0.2, 0.25) is 5.91 Å². The molecule has 3 aromatic rings. The Morgan fingerprint density at radius 3 is 1.71 bits per heavy atom. The summed E-state index contributed by atoms with van der Waals surface area (Å²) in [5, 5.41) is 21.6. The molecule has 1 heterocycles. The van der Waals surface area contributed by atoms with Crippen LogP contribution in [0.25, 0.3) is 16.7 Å². The lowest BCUT2D eigenvalue weighted by Crippen LogP contribution is -2.74. The lowest BCUT2D eigenvalue weighted by Gasteiger charge is -2.42. The maximum Gasteiger partial charge on any atom is 0.460 e. The fourth-order valence-electron chi connectivity index (χ4n) is 4.43. The molecule has 0 unspecified atom stereocenters. The minimum atomic E-state index is -8.75. The normalized spacial score (nSPS) is 13.9. The molecule has 8 nitrogen and oxygen atoms in total. The highest BCUT2D eigenvalue weighted by atomic mass is 19.4. The van der Waals surface area contributed by atoms with Crippen molar-refractivity contribution in [3.8, 4) is 11.4 Å². The van der Waals surface area contributed by atoms with E-state index >= 15 is 0 Å². The summed E-state index contributed by atoms with van der Waals surface area (Å²) in [5.41, 5.74) is 0.648. The van der Waals surface area contributed by atoms with Crippen LogP contribution in [0.2, 0.25) is 0 Å². The van der Waals surface area contributed by atoms with Gasteiger partial charge < -0.3 is 15.2 Å². The smallest absolute Gasteiger partial charge is 0.460 e. The van der Waals surface area contributed by atoms with Gasteiger partial charge in [0, 0.05) is 24.1 Å². The molecule has 55 heavy (non-hydrogen) atoms. The number of hydrogen-bond acceptors (Lipinski definition) is 6. The van der Waals surface area contributed by atoms with Crippen molar-refractivity contribution >= 4 is 22.9 Å². The van der Waals surface area contributed by atoms with E-state index in [9.17, 15) is 89.3 Å². The third-order valence-electron chi connectivity index (χ3n) is 7.64. The van der Waals surface area contributed by atoms with Crippen molar-refractivity contribution in [1.29, 1.82) is 0 Å². The number of alkyl halides is 17. The minimum Gasteiger partial charge on any atom is -0.505 e. The molecule has 0 fully saturated rings. The molecule has 0 aliphatic heterocycles. The number of phenols is 1. The Kier molecular flexibility index (Phi) is 11.9. The fourth-order valence-corrected chi connectivity index (χ4v) is 4.43. The Morgan fingerprint density at radius 1 is 0.764 bits per heavy atom. The van der Waals surface area contributed by atoms with Gasteiger partial charge >= 0.3 is 53.6 Å². The molecule has 1 aromatic heterocycles. The fraction of sp³-hybridized carbons (Fsp3) is 0.467. The number of aromatic hydroxyl groups is 1. The van der Waals surface area contributed by atoms with Crippen LogP contribution >= 0.6 is 0 Å². The van der Waals surface area contributed by atoms with E-state index in [-0.39, 0.29) is 28.9 Å². The van der Waals surface area contributed by atoms with E-state index in [2.05, 4.69) is 26.8 Å². The van der Waals surface area contributed by atoms with E-state index in [0.29, 0.717) is 11.0 Å². The first-order valence-corrected chi connectivity index (χ1v) is 14.8. The number of aromatic nitrogens is 3. The number of nitrogens with one attached hydrogen (secondary N) is 1. The lowest BCUT2D eigenvalue weighted by atomic mass is 9.88. The van der Waals surface area contributed by atoms with E-state index < -0.39 is 91.1 Å². The molecule has 0 saturated carbocycles. The third kappa shape index (κ3) is 7.82. The summed E-state index contributed by atoms with van der Waals surface area (Å²) in [5.74, 6) is -60.2. The second-order valence-electron chi connectivity index (χ2n) is 11.7. The zero-order valence-electron chi connectivity index (χ0n) is 27.1. The first-order valence-electron chi connectivity index (χ1n) is 14.8. The van der Waals surface area contributed by atoms with Crippen LogP contribution in [0.4, 0.5) is 74.6 Å². The Balaban J connectivity index is 1.79. The van der Waals surface area contributed by atoms with E-state index in [0.717, 1.165) is 4.80 Å². The molecule has 0 radical (unpaired) electrons. The predicted octanol–water partition coefficient (Wildman–Crippen LogP) is 8.19. The molecule has 0 aliphatic carbocycles. The molecule has 0 spiro atoms. The summed E-state index contributed by atoms with van der Waals surface area (Å²) < 4.78 is 233. The molecule has 2 N–H and O–H groups in total. The molecule has 306 valence electrons. The SMILES string of the molecule is C=C(C)C(=O)NCc1cc(CCC(=O)OCCC(F)(F)C(F)(F)C(F)(F)C(F)(F)C(F)(F)C(F)(F)C(F)(F)C(F)(F)F)cc(-n2nc3ccccc3n2)c1O. The molecular formula is C30H23F17N4O4. The van der Waals surface area contributed by atoms with Gasteiger partial charge in [-0.25, -0.2) is 0 Å². The third-order valence-corrected chi connectivity index (χ3v) is 7.64. The molecule has 0 bridgehead atoms. The van der Waals surface area contributed by atoms with E-state index in [4.69, 9.17) is 0 Å². The van der Waals surface area contributed by atoms with Crippen LogP contribution in [0.15, 0.2) is 48.6 Å². The number of ether oxygens (including phenoxy) is 1. The standard InChI is InChI=1S/C30H23F17N4O4/c1-14(2)22(54)48-13-16-11-15(12-19(21(16)53)51-49-17-5-3-4-6-18(17)50-51)7-8-20(52)55-10-9-23(31,32)24(33,34)25(35,36)26(37,38)27(39,40)28(41,42)29(43,44)30(45,46)47/h3-6,11-12,53H,1,7-10,13H2,2H3,(H,48,54). The number of carbonyl (C=O) groups excluding carboxylic acids is 2. The number of hydrogen-bond donors (Lipinski definition) is 2. The van der Waals surface area contributed by atoms with Crippen molar-refractivity contribution in [3.63, 3.8) is 0 Å². The molecule has 25 heteroatoms. The van der Waals surface area contributed by atoms with Crippen LogP contribution in [-0.2, 0) is 27.3 Å². The van der Waals surface area contributed by atoms with Gasteiger partial charge in [0.25, 0.3) is 0 Å². The van der Waals surface area contributed by atoms with Crippen LogP contribution in [0, 0.1) is 0 Å². The molecular weight excluding hydrogens is 803 g/mol. The lowest BCUT2D eigenvalue weighted by molar-refractivity contribution is -0.461. The number of phenolic OH excluding ortho intramolecular Hbond substituents is 1. The molecule has 3 rings (SSSR count). The van der Waals surface area contributed by atoms with Gasteiger partial charge in [-0.1, -0.05) is 24.8 Å². The highest BCUT2D eigenvalue weighted by molar-refractivity contribution is 5.92. The summed E-state index contributed by atoms with van der Waals surface area (Å²) in [6, 6.07) is 8.69. The van der Waals surface area contributed by atoms with Crippen molar-refractivity contribution in [2.45, 2.75) is 80.4 Å². The topological polar surface area (TPSA) is 106 Å². The van der Waals surface area contributed by atoms with Crippen molar-refractivity contribution in [2.75, 3.05) is 6.61 Å². The van der Waals surface area contributed by atoms with Gasteiger partial charge in [-0.2, -0.15) is 74.6 Å². The predicted molar refractivity (Wildman–Crippen MR) is 152 cm³/mol. The summed E-state index contributed by atoms with van der Waals surface area (Å²) in [7, 11) is 0. The summed E-state index contributed by atoms with van der Waals surface area (Å²) in [6.07, 6.45) is -12.2. The van der Waals surface area contributed by atoms with Gasteiger partial charge in [-0.3, -0.25) is 9.59 Å². The van der Waals surface area contributed by atoms with Crippen LogP contribution < -0.4 is 5.32 Å². The average molecular weight is 827 g/mol. The summed E-state index contributed by atoms with van der Waals surface area (Å²) in [6.45, 7) is 2.32. The van der Waals surface area contributed by atoms with Crippen LogP contribution in [0.3, 0.4) is 0 Å². The quantitative estimate of drug-likeness (QED) is 0.0858. The second kappa shape index (κ2) is 14.7. The molecule has 0 saturated heterocycles. The number of benzene rings is 2. The second-order valence-corrected chi connectivity index (χ2v) is 11.7. The van der Waals surface area contributed by atoms with Gasteiger partial charge in [0.1, 0.15) is 22.5 Å². The average Bonchev–Trinajstić information content (AvgIpc) is 3.50. The van der Waals surface area contributed by atoms with Crippen molar-refractivity contribution < 1.29 is 94.1 Å². The number of aryl methyl sites for hydroxylation is 1. The minimum absolute atomic E-state index is 0.0260. The Morgan fingerprint density at radius 2 is 1.24 bits per heavy atom. The number of carbonyl (C=O) groups is 2. The van der Waals surface area contributed by atoms with Crippen molar-refractivity contribution in [2.24, 2.45) is 0 Å². The highest BCUT2D eigenvalue weighted by Gasteiger charge is 2.95. The zero-order valence-corrected chi connectivity index (χ0v) is 27.1. The van der Waals surface area contributed by atoms with E-state index in [1.165, 1.54) is 19.1 Å². The Labute approximate surface area is 295 Å². The first kappa shape index (κ1) is 44.5. The van der Waals surface area contributed by atoms with Crippen LogP contribution in [0.1, 0.15) is 30.9 Å². The summed E-state index contributed by atoms with van der Waals surface area (Å²) in [4.78, 5) is 25.2. The van der Waals surface area contributed by atoms with Gasteiger partial charge in [0.15, 0.2) is 0 Å². The van der Waals surface area contributed by atoms with Crippen LogP contribution in [0.5, 0.6) is 5.75 Å². The number of halogens is 17. The monoisotopic (exact) mass is 826 g/mol. The number of esters is 1. The molecule has 0 aliphatic rings. The number of amides is 1. The van der Waals surface area contributed by atoms with Gasteiger partial charge in [0.05, 0.1) is 13.0 Å².